The Balaban J connectivity index is 1.24. The number of hydrogen-bond acceptors (Lipinski definition) is 3. The Morgan fingerprint density at radius 3 is 2.51 bits per heavy atom. The van der Waals surface area contributed by atoms with Crippen LogP contribution in [0.1, 0.15) is 42.0 Å². The third-order valence-electron chi connectivity index (χ3n) is 9.38. The first kappa shape index (κ1) is 22.9. The molecule has 188 valence electrons. The van der Waals surface area contributed by atoms with Crippen LogP contribution in [0, 0.1) is 17.3 Å². The normalized spacial score (nSPS) is 32.1. The molecule has 0 amide bonds. The summed E-state index contributed by atoms with van der Waals surface area (Å²) in [5.41, 5.74) is 6.19. The van der Waals surface area contributed by atoms with E-state index in [1.54, 1.807) is 0 Å². The first-order valence-corrected chi connectivity index (χ1v) is 13.6. The molecule has 1 spiro atoms. The summed E-state index contributed by atoms with van der Waals surface area (Å²) in [6.07, 6.45) is 7.28. The lowest BCUT2D eigenvalue weighted by molar-refractivity contribution is -0.126. The fourth-order valence-electron chi connectivity index (χ4n) is 8.40. The van der Waals surface area contributed by atoms with Gasteiger partial charge < -0.3 is 14.6 Å². The van der Waals surface area contributed by atoms with Crippen molar-refractivity contribution in [3.8, 4) is 11.5 Å². The minimum absolute atomic E-state index is 0.00453. The van der Waals surface area contributed by atoms with Crippen molar-refractivity contribution in [1.82, 2.24) is 0 Å². The molecule has 3 heteroatoms. The second-order valence-corrected chi connectivity index (χ2v) is 11.8. The Morgan fingerprint density at radius 1 is 1.03 bits per heavy atom. The van der Waals surface area contributed by atoms with E-state index >= 15 is 0 Å². The molecule has 4 aliphatic rings. The summed E-state index contributed by atoms with van der Waals surface area (Å²) >= 11 is 0. The van der Waals surface area contributed by atoms with Crippen molar-refractivity contribution >= 4 is 0 Å². The monoisotopic (exact) mass is 490 g/mol. The van der Waals surface area contributed by atoms with Crippen LogP contribution in [0.5, 0.6) is 11.5 Å². The van der Waals surface area contributed by atoms with Gasteiger partial charge in [0.2, 0.25) is 0 Å². The maximum Gasteiger partial charge on any atom is 0.166 e. The summed E-state index contributed by atoms with van der Waals surface area (Å²) in [6.45, 7) is 7.41. The predicted molar refractivity (Wildman–Crippen MR) is 146 cm³/mol. The topological polar surface area (TPSA) is 38.7 Å². The van der Waals surface area contributed by atoms with Crippen LogP contribution < -0.4 is 9.47 Å². The molecule has 3 unspecified atom stereocenters. The molecule has 0 radical (unpaired) electrons. The number of rotatable bonds is 7. The number of fused-ring (bicyclic) bond motifs is 2. The van der Waals surface area contributed by atoms with Gasteiger partial charge in [0.1, 0.15) is 18.8 Å². The van der Waals surface area contributed by atoms with Gasteiger partial charge in [0, 0.05) is 11.0 Å². The van der Waals surface area contributed by atoms with Gasteiger partial charge in [-0.1, -0.05) is 98.0 Å². The number of ether oxygens (including phenoxy) is 2. The SMILES string of the molecule is C=C(Cc1ccccc1)CC12C=CC(O)[C@@H]3Oc4c(OCc5ccccc5)ccc5c4[C@]3(C1)C2[C@H](C)C5. The van der Waals surface area contributed by atoms with Gasteiger partial charge in [0.15, 0.2) is 11.5 Å². The Hall–Kier alpha value is -3.30. The summed E-state index contributed by atoms with van der Waals surface area (Å²) in [5.74, 6) is 2.56. The van der Waals surface area contributed by atoms with E-state index in [0.717, 1.165) is 42.7 Å². The van der Waals surface area contributed by atoms with E-state index in [4.69, 9.17) is 9.47 Å². The summed E-state index contributed by atoms with van der Waals surface area (Å²) in [4.78, 5) is 0. The minimum atomic E-state index is -0.637. The van der Waals surface area contributed by atoms with Gasteiger partial charge in [-0.25, -0.2) is 0 Å². The van der Waals surface area contributed by atoms with E-state index in [-0.39, 0.29) is 16.9 Å². The van der Waals surface area contributed by atoms with Gasteiger partial charge in [-0.15, -0.1) is 0 Å². The van der Waals surface area contributed by atoms with Crippen molar-refractivity contribution < 1.29 is 14.6 Å². The Bertz CT molecular complexity index is 1380. The molecule has 1 heterocycles. The molecule has 1 saturated carbocycles. The summed E-state index contributed by atoms with van der Waals surface area (Å²) < 4.78 is 13.0. The lowest BCUT2D eigenvalue weighted by Crippen LogP contribution is -2.67. The number of aliphatic hydroxyl groups is 1. The first-order valence-electron chi connectivity index (χ1n) is 13.6. The van der Waals surface area contributed by atoms with Gasteiger partial charge in [-0.2, -0.15) is 0 Å². The fraction of sp³-hybridized carbons (Fsp3) is 0.353. The zero-order valence-electron chi connectivity index (χ0n) is 21.4. The highest BCUT2D eigenvalue weighted by molar-refractivity contribution is 5.63. The lowest BCUT2D eigenvalue weighted by atomic mass is 9.36. The number of aliphatic hydroxyl groups excluding tert-OH is 1. The van der Waals surface area contributed by atoms with Gasteiger partial charge in [-0.05, 0) is 65.7 Å². The van der Waals surface area contributed by atoms with E-state index < -0.39 is 6.10 Å². The van der Waals surface area contributed by atoms with E-state index in [1.807, 2.05) is 24.3 Å². The van der Waals surface area contributed by atoms with Crippen LogP contribution in [-0.4, -0.2) is 17.3 Å². The largest absolute Gasteiger partial charge is 0.485 e. The molecular formula is C34H34O3. The quantitative estimate of drug-likeness (QED) is 0.380. The molecule has 6 atom stereocenters. The fourth-order valence-corrected chi connectivity index (χ4v) is 8.40. The molecule has 1 aliphatic heterocycles. The van der Waals surface area contributed by atoms with E-state index in [2.05, 4.69) is 74.2 Å². The zero-order chi connectivity index (χ0) is 25.2. The van der Waals surface area contributed by atoms with Crippen LogP contribution in [-0.2, 0) is 24.9 Å². The Labute approximate surface area is 219 Å². The van der Waals surface area contributed by atoms with Crippen molar-refractivity contribution in [2.24, 2.45) is 17.3 Å². The Morgan fingerprint density at radius 2 is 1.76 bits per heavy atom. The zero-order valence-corrected chi connectivity index (χ0v) is 21.4. The number of benzene rings is 3. The number of allylic oxidation sites excluding steroid dienone is 2. The first-order chi connectivity index (χ1) is 18.0. The van der Waals surface area contributed by atoms with Crippen molar-refractivity contribution in [1.29, 1.82) is 0 Å². The van der Waals surface area contributed by atoms with Crippen LogP contribution in [0.15, 0.2) is 97.1 Å². The molecule has 3 aromatic rings. The highest BCUT2D eigenvalue weighted by atomic mass is 16.5. The van der Waals surface area contributed by atoms with Gasteiger partial charge in [-0.3, -0.25) is 0 Å². The average Bonchev–Trinajstić information content (AvgIpc) is 3.15. The molecule has 3 aromatic carbocycles. The smallest absolute Gasteiger partial charge is 0.166 e. The van der Waals surface area contributed by atoms with Crippen LogP contribution >= 0.6 is 0 Å². The molecule has 1 fully saturated rings. The lowest BCUT2D eigenvalue weighted by Gasteiger charge is -2.66. The highest BCUT2D eigenvalue weighted by Gasteiger charge is 2.74. The van der Waals surface area contributed by atoms with E-state index in [1.165, 1.54) is 22.3 Å². The summed E-state index contributed by atoms with van der Waals surface area (Å²) in [5, 5.41) is 11.3. The van der Waals surface area contributed by atoms with Crippen molar-refractivity contribution in [2.75, 3.05) is 0 Å². The molecule has 7 rings (SSSR count). The molecule has 0 saturated heterocycles. The van der Waals surface area contributed by atoms with E-state index in [0.29, 0.717) is 18.4 Å². The molecule has 37 heavy (non-hydrogen) atoms. The van der Waals surface area contributed by atoms with Crippen LogP contribution in [0.2, 0.25) is 0 Å². The van der Waals surface area contributed by atoms with Gasteiger partial charge >= 0.3 is 0 Å². The molecular weight excluding hydrogens is 456 g/mol. The summed E-state index contributed by atoms with van der Waals surface area (Å²) in [7, 11) is 0. The maximum atomic E-state index is 11.3. The number of hydrogen-bond donors (Lipinski definition) is 1. The van der Waals surface area contributed by atoms with Gasteiger partial charge in [0.25, 0.3) is 0 Å². The maximum absolute atomic E-state index is 11.3. The predicted octanol–water partition coefficient (Wildman–Crippen LogP) is 6.58. The van der Waals surface area contributed by atoms with Gasteiger partial charge in [0.05, 0.1) is 0 Å². The third kappa shape index (κ3) is 3.37. The molecule has 0 aromatic heterocycles. The molecule has 1 N–H and O–H groups in total. The molecule has 3 aliphatic carbocycles. The summed E-state index contributed by atoms with van der Waals surface area (Å²) in [6, 6.07) is 25.2. The molecule has 3 nitrogen and oxygen atoms in total. The second-order valence-electron chi connectivity index (χ2n) is 11.8. The third-order valence-corrected chi connectivity index (χ3v) is 9.38. The Kier molecular flexibility index (Phi) is 5.17. The highest BCUT2D eigenvalue weighted by Crippen LogP contribution is 2.75. The van der Waals surface area contributed by atoms with Crippen molar-refractivity contribution in [3.63, 3.8) is 0 Å². The van der Waals surface area contributed by atoms with Crippen LogP contribution in [0.25, 0.3) is 0 Å². The molecule has 2 bridgehead atoms. The van der Waals surface area contributed by atoms with E-state index in [9.17, 15) is 5.11 Å². The second kappa shape index (κ2) is 8.36. The minimum Gasteiger partial charge on any atom is -0.485 e. The van der Waals surface area contributed by atoms with Crippen molar-refractivity contribution in [3.05, 3.63) is 119 Å². The standard InChI is InChI=1S/C34H34O3/c1-22(17-24-9-5-3-6-10-24)19-33-16-15-27(35)32-34(21-33)29-26(18-23(2)31(33)34)13-14-28(30(29)37-32)36-20-25-11-7-4-8-12-25/h3-16,23,27,31-32,35H,1,17-21H2,2H3/t23-,27?,31?,32+,33?,34-/m1/s1. The van der Waals surface area contributed by atoms with Crippen molar-refractivity contribution in [2.45, 2.75) is 56.8 Å². The van der Waals surface area contributed by atoms with Crippen LogP contribution in [0.4, 0.5) is 0 Å². The van der Waals surface area contributed by atoms with Crippen LogP contribution in [0.3, 0.4) is 0 Å². The average molecular weight is 491 g/mol.